The van der Waals surface area contributed by atoms with Crippen molar-refractivity contribution in [2.24, 2.45) is 0 Å². The zero-order chi connectivity index (χ0) is 14.4. The van der Waals surface area contributed by atoms with Crippen LogP contribution in [0.4, 0.5) is 0 Å². The van der Waals surface area contributed by atoms with Crippen molar-refractivity contribution in [3.63, 3.8) is 0 Å². The lowest BCUT2D eigenvalue weighted by Gasteiger charge is -2.32. The third-order valence-corrected chi connectivity index (χ3v) is 3.81. The average Bonchev–Trinajstić information content (AvgIpc) is 2.79. The van der Waals surface area contributed by atoms with Gasteiger partial charge in [0.25, 0.3) is 0 Å². The number of rotatable bonds is 2. The highest BCUT2D eigenvalue weighted by atomic mass is 16.7. The molecule has 0 aromatic carbocycles. The summed E-state index contributed by atoms with van der Waals surface area (Å²) in [7, 11) is -0.450. The second-order valence-electron chi connectivity index (χ2n) is 6.00. The molecule has 1 aliphatic heterocycles. The van der Waals surface area contributed by atoms with Crippen molar-refractivity contribution in [2.45, 2.75) is 65.7 Å². The first-order valence-corrected chi connectivity index (χ1v) is 6.40. The zero-order valence-electron chi connectivity index (χ0n) is 13.2. The Kier molecular flexibility index (Phi) is 2.79. The summed E-state index contributed by atoms with van der Waals surface area (Å²) in [6, 6.07) is 0.302. The maximum Gasteiger partial charge on any atom is 0.514 e. The predicted octanol–water partition coefficient (Wildman–Crippen LogP) is 2.07. The summed E-state index contributed by atoms with van der Waals surface area (Å²) in [5.41, 5.74) is -0.158. The molecule has 1 saturated heterocycles. The van der Waals surface area contributed by atoms with Crippen molar-refractivity contribution >= 4 is 12.7 Å². The number of hydrogen-bond acceptors (Lipinski definition) is 3. The summed E-state index contributed by atoms with van der Waals surface area (Å²) in [6.45, 7) is 12.3. The van der Waals surface area contributed by atoms with Crippen LogP contribution in [-0.2, 0) is 9.31 Å². The SMILES string of the molecule is [2H]CC1(C)OB(c2cnc(C)n2C(C)C)OC1(C)C. The van der Waals surface area contributed by atoms with Gasteiger partial charge in [-0.3, -0.25) is 0 Å². The molecule has 0 amide bonds. The minimum Gasteiger partial charge on any atom is -0.398 e. The van der Waals surface area contributed by atoms with Crippen LogP contribution in [0.2, 0.25) is 0 Å². The predicted molar refractivity (Wildman–Crippen MR) is 73.1 cm³/mol. The highest BCUT2D eigenvalue weighted by molar-refractivity contribution is 6.61. The Morgan fingerprint density at radius 3 is 2.44 bits per heavy atom. The molecule has 2 rings (SSSR count). The van der Waals surface area contributed by atoms with Crippen LogP contribution < -0.4 is 5.59 Å². The van der Waals surface area contributed by atoms with Crippen LogP contribution in [0.15, 0.2) is 6.20 Å². The van der Waals surface area contributed by atoms with Crippen molar-refractivity contribution in [1.82, 2.24) is 9.55 Å². The molecule has 18 heavy (non-hydrogen) atoms. The fourth-order valence-corrected chi connectivity index (χ4v) is 2.23. The van der Waals surface area contributed by atoms with E-state index in [-0.39, 0.29) is 6.90 Å². The first kappa shape index (κ1) is 12.2. The molecular formula is C13H23BN2O2. The topological polar surface area (TPSA) is 36.3 Å². The Labute approximate surface area is 111 Å². The van der Waals surface area contributed by atoms with Crippen LogP contribution >= 0.6 is 0 Å². The fraction of sp³-hybridized carbons (Fsp3) is 0.769. The standard InChI is InChI=1S/C13H23BN2O2/c1-9(2)16-10(3)15-8-11(16)14-17-12(4,5)13(6,7)18-14/h8-9H,1-7H3/i4D. The molecule has 0 spiro atoms. The maximum atomic E-state index is 7.72. The first-order chi connectivity index (χ1) is 8.72. The molecule has 2 heterocycles. The van der Waals surface area contributed by atoms with Gasteiger partial charge in [-0.1, -0.05) is 0 Å². The van der Waals surface area contributed by atoms with Gasteiger partial charge in [0, 0.05) is 13.6 Å². The van der Waals surface area contributed by atoms with Crippen LogP contribution in [0.1, 0.15) is 54.8 Å². The highest BCUT2D eigenvalue weighted by Gasteiger charge is 2.52. The van der Waals surface area contributed by atoms with E-state index in [4.69, 9.17) is 10.7 Å². The lowest BCUT2D eigenvalue weighted by Crippen LogP contribution is -2.41. The van der Waals surface area contributed by atoms with E-state index in [0.717, 1.165) is 11.4 Å². The third-order valence-electron chi connectivity index (χ3n) is 3.81. The molecule has 1 aromatic rings. The van der Waals surface area contributed by atoms with Crippen LogP contribution in [0, 0.1) is 6.92 Å². The van der Waals surface area contributed by atoms with E-state index >= 15 is 0 Å². The Morgan fingerprint density at radius 1 is 1.33 bits per heavy atom. The van der Waals surface area contributed by atoms with Gasteiger partial charge in [0.1, 0.15) is 5.82 Å². The molecular weight excluding hydrogens is 227 g/mol. The van der Waals surface area contributed by atoms with Gasteiger partial charge in [-0.05, 0) is 48.4 Å². The van der Waals surface area contributed by atoms with Crippen molar-refractivity contribution in [3.8, 4) is 0 Å². The molecule has 0 saturated carbocycles. The van der Waals surface area contributed by atoms with E-state index < -0.39 is 18.3 Å². The Hall–Kier alpha value is -0.805. The first-order valence-electron chi connectivity index (χ1n) is 7.11. The van der Waals surface area contributed by atoms with Gasteiger partial charge in [-0.2, -0.15) is 0 Å². The summed E-state index contributed by atoms with van der Waals surface area (Å²) in [4.78, 5) is 4.36. The number of nitrogens with zero attached hydrogens (tertiary/aromatic N) is 2. The van der Waals surface area contributed by atoms with Gasteiger partial charge < -0.3 is 13.9 Å². The van der Waals surface area contributed by atoms with E-state index in [1.807, 2.05) is 33.9 Å². The minimum absolute atomic E-state index is 0.172. The second-order valence-corrected chi connectivity index (χ2v) is 6.00. The molecule has 5 heteroatoms. The number of aryl methyl sites for hydroxylation is 1. The normalized spacial score (nSPS) is 27.9. The van der Waals surface area contributed by atoms with E-state index in [0.29, 0.717) is 6.04 Å². The van der Waals surface area contributed by atoms with Gasteiger partial charge in [-0.15, -0.1) is 0 Å². The highest BCUT2D eigenvalue weighted by Crippen LogP contribution is 2.36. The van der Waals surface area contributed by atoms with E-state index in [1.54, 1.807) is 0 Å². The lowest BCUT2D eigenvalue weighted by molar-refractivity contribution is 0.00578. The van der Waals surface area contributed by atoms with Gasteiger partial charge >= 0.3 is 7.12 Å². The summed E-state index contributed by atoms with van der Waals surface area (Å²) >= 11 is 0. The lowest BCUT2D eigenvalue weighted by atomic mass is 9.85. The van der Waals surface area contributed by atoms with Crippen molar-refractivity contribution in [3.05, 3.63) is 12.0 Å². The van der Waals surface area contributed by atoms with Crippen LogP contribution in [0.3, 0.4) is 0 Å². The third kappa shape index (κ3) is 1.99. The van der Waals surface area contributed by atoms with Gasteiger partial charge in [-0.25, -0.2) is 4.98 Å². The van der Waals surface area contributed by atoms with Crippen LogP contribution in [-0.4, -0.2) is 27.9 Å². The van der Waals surface area contributed by atoms with Crippen LogP contribution in [0.5, 0.6) is 0 Å². The Balaban J connectivity index is 2.36. The quantitative estimate of drug-likeness (QED) is 0.755. The van der Waals surface area contributed by atoms with Crippen molar-refractivity contribution < 1.29 is 10.7 Å². The molecule has 1 atom stereocenters. The molecule has 100 valence electrons. The number of hydrogen-bond donors (Lipinski definition) is 0. The molecule has 1 unspecified atom stereocenters. The monoisotopic (exact) mass is 251 g/mol. The van der Waals surface area contributed by atoms with Crippen molar-refractivity contribution in [2.75, 3.05) is 0 Å². The van der Waals surface area contributed by atoms with E-state index in [1.165, 1.54) is 0 Å². The Morgan fingerprint density at radius 2 is 1.94 bits per heavy atom. The summed E-state index contributed by atoms with van der Waals surface area (Å²) in [6.07, 6.45) is 1.81. The van der Waals surface area contributed by atoms with Gasteiger partial charge in [0.05, 0.1) is 16.8 Å². The summed E-state index contributed by atoms with van der Waals surface area (Å²) < 4.78 is 21.9. The molecule has 1 fully saturated rings. The van der Waals surface area contributed by atoms with Crippen LogP contribution in [0.25, 0.3) is 0 Å². The second kappa shape index (κ2) is 4.10. The average molecular weight is 251 g/mol. The van der Waals surface area contributed by atoms with Gasteiger partial charge in [0.15, 0.2) is 0 Å². The smallest absolute Gasteiger partial charge is 0.398 e. The molecule has 1 aromatic heterocycles. The zero-order valence-corrected chi connectivity index (χ0v) is 12.2. The number of imidazole rings is 1. The molecule has 0 aliphatic carbocycles. The summed E-state index contributed by atoms with van der Waals surface area (Å²) in [5, 5.41) is 0. The fourth-order valence-electron chi connectivity index (χ4n) is 2.23. The molecule has 0 bridgehead atoms. The molecule has 0 N–H and O–H groups in total. The van der Waals surface area contributed by atoms with Gasteiger partial charge in [0.2, 0.25) is 0 Å². The molecule has 1 aliphatic rings. The number of aromatic nitrogens is 2. The summed E-state index contributed by atoms with van der Waals surface area (Å²) in [5.74, 6) is 0.953. The largest absolute Gasteiger partial charge is 0.514 e. The van der Waals surface area contributed by atoms with E-state index in [9.17, 15) is 0 Å². The minimum atomic E-state index is -0.600. The Bertz CT molecular complexity index is 475. The van der Waals surface area contributed by atoms with E-state index in [2.05, 4.69) is 23.4 Å². The molecule has 0 radical (unpaired) electrons. The molecule has 4 nitrogen and oxygen atoms in total. The van der Waals surface area contributed by atoms with Crippen molar-refractivity contribution in [1.29, 1.82) is 0 Å². The maximum absolute atomic E-state index is 7.72.